The van der Waals surface area contributed by atoms with E-state index in [1.54, 1.807) is 16.6 Å². The molecule has 1 fully saturated rings. The van der Waals surface area contributed by atoms with E-state index in [0.29, 0.717) is 17.3 Å². The monoisotopic (exact) mass is 371 g/mol. The first-order valence-corrected chi connectivity index (χ1v) is 8.21. The minimum Gasteiger partial charge on any atom is -0.320 e. The summed E-state index contributed by atoms with van der Waals surface area (Å²) in [6.45, 7) is 1.95. The minimum atomic E-state index is -0.243. The van der Waals surface area contributed by atoms with E-state index in [2.05, 4.69) is 36.5 Å². The molecule has 0 radical (unpaired) electrons. The van der Waals surface area contributed by atoms with Gasteiger partial charge in [-0.25, -0.2) is 0 Å². The molecule has 1 aliphatic rings. The fraction of sp³-hybridized carbons (Fsp3) is 0.250. The number of nitrogens with zero attached hydrogens (tertiary/aromatic N) is 4. The number of hydrogen-bond donors (Lipinski definition) is 1. The van der Waals surface area contributed by atoms with Crippen LogP contribution in [0.3, 0.4) is 0 Å². The maximum atomic E-state index is 12.5. The molecule has 3 aromatic rings. The Balaban J connectivity index is 1.65. The highest BCUT2D eigenvalue weighted by Gasteiger charge is 2.29. The molecule has 7 heteroatoms. The van der Waals surface area contributed by atoms with Gasteiger partial charge in [-0.1, -0.05) is 15.9 Å². The Labute approximate surface area is 141 Å². The van der Waals surface area contributed by atoms with Gasteiger partial charge in [-0.3, -0.25) is 4.79 Å². The van der Waals surface area contributed by atoms with Gasteiger partial charge in [-0.15, -0.1) is 10.2 Å². The van der Waals surface area contributed by atoms with Crippen molar-refractivity contribution in [3.8, 4) is 0 Å². The molecule has 1 aliphatic carbocycles. The first-order chi connectivity index (χ1) is 11.1. The number of hydrogen-bond acceptors (Lipinski definition) is 4. The van der Waals surface area contributed by atoms with E-state index < -0.39 is 0 Å². The highest BCUT2D eigenvalue weighted by molar-refractivity contribution is 9.10. The SMILES string of the molecule is Cc1cc(Br)ccc1NC(=O)c1ccc2nnc(C3CC3)n2n1. The first kappa shape index (κ1) is 14.3. The molecule has 0 atom stereocenters. The average Bonchev–Trinajstić information content (AvgIpc) is 3.29. The number of rotatable bonds is 3. The standard InChI is InChI=1S/C16H14BrN5O/c1-9-8-11(17)4-5-12(9)18-16(23)13-6-7-14-19-20-15(10-2-3-10)22(14)21-13/h4-8,10H,2-3H2,1H3,(H,18,23). The molecule has 0 spiro atoms. The van der Waals surface area contributed by atoms with Crippen molar-refractivity contribution in [1.82, 2.24) is 19.8 Å². The number of carbonyl (C=O) groups is 1. The molecule has 4 rings (SSSR count). The number of aryl methyl sites for hydroxylation is 1. The summed E-state index contributed by atoms with van der Waals surface area (Å²) in [5.74, 6) is 1.02. The van der Waals surface area contributed by atoms with Gasteiger partial charge >= 0.3 is 0 Å². The van der Waals surface area contributed by atoms with Gasteiger partial charge in [0.2, 0.25) is 0 Å². The van der Waals surface area contributed by atoms with E-state index in [-0.39, 0.29) is 5.91 Å². The summed E-state index contributed by atoms with van der Waals surface area (Å²) in [5, 5.41) is 15.6. The van der Waals surface area contributed by atoms with Gasteiger partial charge in [-0.2, -0.15) is 9.61 Å². The Morgan fingerprint density at radius 3 is 2.83 bits per heavy atom. The number of nitrogens with one attached hydrogen (secondary N) is 1. The zero-order valence-corrected chi connectivity index (χ0v) is 14.0. The number of fused-ring (bicyclic) bond motifs is 1. The molecule has 1 saturated carbocycles. The highest BCUT2D eigenvalue weighted by Crippen LogP contribution is 2.38. The molecule has 1 N–H and O–H groups in total. The normalized spacial score (nSPS) is 14.2. The van der Waals surface area contributed by atoms with Gasteiger partial charge in [0.1, 0.15) is 5.69 Å². The molecule has 1 aromatic carbocycles. The summed E-state index contributed by atoms with van der Waals surface area (Å²) in [6.07, 6.45) is 2.22. The summed E-state index contributed by atoms with van der Waals surface area (Å²) in [6, 6.07) is 9.16. The number of amides is 1. The zero-order chi connectivity index (χ0) is 16.0. The molecule has 0 aliphatic heterocycles. The van der Waals surface area contributed by atoms with Crippen molar-refractivity contribution in [1.29, 1.82) is 0 Å². The third kappa shape index (κ3) is 2.72. The molecule has 0 saturated heterocycles. The van der Waals surface area contributed by atoms with Crippen LogP contribution in [0.1, 0.15) is 40.6 Å². The van der Waals surface area contributed by atoms with E-state index in [1.165, 1.54) is 0 Å². The topological polar surface area (TPSA) is 72.2 Å². The number of aromatic nitrogens is 4. The van der Waals surface area contributed by atoms with Crippen LogP contribution in [0.2, 0.25) is 0 Å². The van der Waals surface area contributed by atoms with Gasteiger partial charge in [0.05, 0.1) is 0 Å². The lowest BCUT2D eigenvalue weighted by atomic mass is 10.2. The van der Waals surface area contributed by atoms with Crippen LogP contribution in [-0.2, 0) is 0 Å². The fourth-order valence-corrected chi connectivity index (χ4v) is 2.95. The molecule has 23 heavy (non-hydrogen) atoms. The predicted molar refractivity (Wildman–Crippen MR) is 89.6 cm³/mol. The van der Waals surface area contributed by atoms with Crippen molar-refractivity contribution in [3.63, 3.8) is 0 Å². The zero-order valence-electron chi connectivity index (χ0n) is 12.5. The van der Waals surface area contributed by atoms with E-state index in [0.717, 1.165) is 34.4 Å². The first-order valence-electron chi connectivity index (χ1n) is 7.42. The van der Waals surface area contributed by atoms with Crippen molar-refractivity contribution in [2.75, 3.05) is 5.32 Å². The van der Waals surface area contributed by atoms with Gasteiger partial charge in [0.25, 0.3) is 5.91 Å². The van der Waals surface area contributed by atoms with E-state index >= 15 is 0 Å². The highest BCUT2D eigenvalue weighted by atomic mass is 79.9. The van der Waals surface area contributed by atoms with Crippen LogP contribution in [0.25, 0.3) is 5.65 Å². The smallest absolute Gasteiger partial charge is 0.276 e. The largest absolute Gasteiger partial charge is 0.320 e. The Morgan fingerprint density at radius 1 is 1.26 bits per heavy atom. The summed E-state index contributed by atoms with van der Waals surface area (Å²) < 4.78 is 2.66. The second-order valence-electron chi connectivity index (χ2n) is 5.73. The summed E-state index contributed by atoms with van der Waals surface area (Å²) in [5.41, 5.74) is 2.77. The number of halogens is 1. The quantitative estimate of drug-likeness (QED) is 0.766. The van der Waals surface area contributed by atoms with Crippen molar-refractivity contribution < 1.29 is 4.79 Å². The molecule has 0 bridgehead atoms. The molecule has 1 amide bonds. The predicted octanol–water partition coefficient (Wildman–Crippen LogP) is 3.32. The lowest BCUT2D eigenvalue weighted by Crippen LogP contribution is -2.16. The Bertz CT molecular complexity index is 916. The summed E-state index contributed by atoms with van der Waals surface area (Å²) in [7, 11) is 0. The molecule has 0 unspecified atom stereocenters. The van der Waals surface area contributed by atoms with Crippen LogP contribution in [0.4, 0.5) is 5.69 Å². The maximum Gasteiger partial charge on any atom is 0.276 e. The van der Waals surface area contributed by atoms with Gasteiger partial charge < -0.3 is 5.32 Å². The third-order valence-corrected chi connectivity index (χ3v) is 4.39. The van der Waals surface area contributed by atoms with Crippen LogP contribution in [-0.4, -0.2) is 25.7 Å². The second kappa shape index (κ2) is 5.42. The van der Waals surface area contributed by atoms with Gasteiger partial charge in [-0.05, 0) is 55.7 Å². The van der Waals surface area contributed by atoms with Gasteiger partial charge in [0.15, 0.2) is 11.5 Å². The molecule has 2 aromatic heterocycles. The number of anilines is 1. The lowest BCUT2D eigenvalue weighted by Gasteiger charge is -2.08. The molecule has 2 heterocycles. The molecule has 6 nitrogen and oxygen atoms in total. The van der Waals surface area contributed by atoms with Crippen molar-refractivity contribution in [2.24, 2.45) is 0 Å². The van der Waals surface area contributed by atoms with E-state index in [4.69, 9.17) is 0 Å². The lowest BCUT2D eigenvalue weighted by molar-refractivity contribution is 0.102. The second-order valence-corrected chi connectivity index (χ2v) is 6.65. The number of carbonyl (C=O) groups excluding carboxylic acids is 1. The van der Waals surface area contributed by atoms with Crippen LogP contribution in [0.15, 0.2) is 34.8 Å². The Morgan fingerprint density at radius 2 is 2.09 bits per heavy atom. The van der Waals surface area contributed by atoms with E-state index in [9.17, 15) is 4.79 Å². The van der Waals surface area contributed by atoms with Crippen molar-refractivity contribution in [2.45, 2.75) is 25.7 Å². The third-order valence-electron chi connectivity index (χ3n) is 3.90. The summed E-state index contributed by atoms with van der Waals surface area (Å²) >= 11 is 3.42. The Hall–Kier alpha value is -2.28. The molecular formula is C16H14BrN5O. The maximum absolute atomic E-state index is 12.5. The average molecular weight is 372 g/mol. The minimum absolute atomic E-state index is 0.243. The molecular weight excluding hydrogens is 358 g/mol. The Kier molecular flexibility index (Phi) is 3.37. The summed E-state index contributed by atoms with van der Waals surface area (Å²) in [4.78, 5) is 12.5. The van der Waals surface area contributed by atoms with Crippen LogP contribution >= 0.6 is 15.9 Å². The van der Waals surface area contributed by atoms with Crippen molar-refractivity contribution in [3.05, 3.63) is 51.9 Å². The van der Waals surface area contributed by atoms with Gasteiger partial charge in [0, 0.05) is 16.1 Å². The van der Waals surface area contributed by atoms with Crippen LogP contribution in [0, 0.1) is 6.92 Å². The van der Waals surface area contributed by atoms with Crippen LogP contribution < -0.4 is 5.32 Å². The van der Waals surface area contributed by atoms with Crippen molar-refractivity contribution >= 4 is 33.2 Å². The fourth-order valence-electron chi connectivity index (χ4n) is 2.48. The van der Waals surface area contributed by atoms with E-state index in [1.807, 2.05) is 25.1 Å². The van der Waals surface area contributed by atoms with Crippen LogP contribution in [0.5, 0.6) is 0 Å². The number of benzene rings is 1. The molecule has 116 valence electrons.